The van der Waals surface area contributed by atoms with Crippen molar-refractivity contribution in [2.24, 2.45) is 0 Å². The molecular weight excluding hydrogens is 150 g/mol. The second-order valence-corrected chi connectivity index (χ2v) is 1.90. The van der Waals surface area contributed by atoms with E-state index in [1.54, 1.807) is 0 Å². The van der Waals surface area contributed by atoms with E-state index in [4.69, 9.17) is 0 Å². The van der Waals surface area contributed by atoms with Crippen molar-refractivity contribution in [3.05, 3.63) is 27.2 Å². The third kappa shape index (κ3) is 0.741. The number of nitrogens with one attached hydrogen (secondary N) is 2. The van der Waals surface area contributed by atoms with Crippen LogP contribution in [0.25, 0.3) is 5.65 Å². The molecule has 0 aliphatic rings. The van der Waals surface area contributed by atoms with Gasteiger partial charge in [-0.1, -0.05) is 0 Å². The van der Waals surface area contributed by atoms with Crippen molar-refractivity contribution < 1.29 is 0 Å². The minimum Gasteiger partial charge on any atom is -0.256 e. The van der Waals surface area contributed by atoms with Crippen molar-refractivity contribution in [2.45, 2.75) is 0 Å². The molecule has 0 saturated carbocycles. The van der Waals surface area contributed by atoms with Gasteiger partial charge in [-0.05, 0) is 0 Å². The highest BCUT2D eigenvalue weighted by atomic mass is 16.2. The predicted molar refractivity (Wildman–Crippen MR) is 34.2 cm³/mol. The molecule has 0 amide bonds. The summed E-state index contributed by atoms with van der Waals surface area (Å²) in [4.78, 5) is 26.9. The lowest BCUT2D eigenvalue weighted by atomic mass is 10.8. The highest BCUT2D eigenvalue weighted by molar-refractivity contribution is 5.29. The molecule has 7 nitrogen and oxygen atoms in total. The minimum atomic E-state index is -0.670. The number of nitrogens with zero attached hydrogens (tertiary/aromatic N) is 3. The second kappa shape index (κ2) is 1.78. The Kier molecular flexibility index (Phi) is 0.945. The van der Waals surface area contributed by atoms with Crippen LogP contribution in [0.15, 0.2) is 15.8 Å². The van der Waals surface area contributed by atoms with Gasteiger partial charge in [-0.15, -0.1) is 0 Å². The highest BCUT2D eigenvalue weighted by Gasteiger charge is 1.98. The van der Waals surface area contributed by atoms with E-state index >= 15 is 0 Å². The van der Waals surface area contributed by atoms with Gasteiger partial charge in [-0.2, -0.15) is 14.6 Å². The molecule has 0 saturated heterocycles. The number of hydrogen-bond acceptors (Lipinski definition) is 4. The molecular formula is C4H3N5O2. The van der Waals surface area contributed by atoms with E-state index in [1.165, 1.54) is 6.20 Å². The molecule has 2 N–H and O–H groups in total. The van der Waals surface area contributed by atoms with E-state index in [0.717, 1.165) is 4.52 Å². The van der Waals surface area contributed by atoms with Gasteiger partial charge < -0.3 is 0 Å². The van der Waals surface area contributed by atoms with Crippen molar-refractivity contribution >= 4 is 5.65 Å². The topological polar surface area (TPSA) is 95.9 Å². The largest absolute Gasteiger partial charge is 0.351 e. The van der Waals surface area contributed by atoms with Crippen LogP contribution in [-0.2, 0) is 0 Å². The van der Waals surface area contributed by atoms with Gasteiger partial charge in [0.15, 0.2) is 5.65 Å². The van der Waals surface area contributed by atoms with Gasteiger partial charge in [0, 0.05) is 0 Å². The van der Waals surface area contributed by atoms with E-state index in [0.29, 0.717) is 0 Å². The van der Waals surface area contributed by atoms with Crippen molar-refractivity contribution in [2.75, 3.05) is 0 Å². The van der Waals surface area contributed by atoms with Gasteiger partial charge in [-0.3, -0.25) is 4.98 Å². The Morgan fingerprint density at radius 2 is 2.27 bits per heavy atom. The first-order valence-electron chi connectivity index (χ1n) is 2.80. The summed E-state index contributed by atoms with van der Waals surface area (Å²) in [7, 11) is 0. The van der Waals surface area contributed by atoms with Gasteiger partial charge in [0.2, 0.25) is 0 Å². The summed E-state index contributed by atoms with van der Waals surface area (Å²) in [6, 6.07) is 0. The third-order valence-electron chi connectivity index (χ3n) is 1.20. The molecule has 0 spiro atoms. The summed E-state index contributed by atoms with van der Waals surface area (Å²) in [5.74, 6) is 0. The van der Waals surface area contributed by atoms with Crippen LogP contribution in [0, 0.1) is 0 Å². The van der Waals surface area contributed by atoms with E-state index in [1.807, 2.05) is 4.98 Å². The summed E-state index contributed by atoms with van der Waals surface area (Å²) in [5.41, 5.74) is -1.03. The van der Waals surface area contributed by atoms with Crippen LogP contribution in [0.5, 0.6) is 0 Å². The van der Waals surface area contributed by atoms with Gasteiger partial charge in [0.1, 0.15) is 0 Å². The van der Waals surface area contributed by atoms with Crippen LogP contribution in [0.1, 0.15) is 0 Å². The highest BCUT2D eigenvalue weighted by Crippen LogP contribution is 1.81. The summed E-state index contributed by atoms with van der Waals surface area (Å²) < 4.78 is 1.03. The zero-order valence-electron chi connectivity index (χ0n) is 5.24. The molecule has 0 fully saturated rings. The predicted octanol–water partition coefficient (Wildman–Crippen LogP) is -1.89. The smallest absolute Gasteiger partial charge is 0.256 e. The molecule has 0 radical (unpaired) electrons. The molecule has 0 aliphatic carbocycles. The van der Waals surface area contributed by atoms with E-state index in [-0.39, 0.29) is 5.65 Å². The quantitative estimate of drug-likeness (QED) is 0.462. The average Bonchev–Trinajstić information content (AvgIpc) is 2.34. The maximum absolute atomic E-state index is 10.9. The molecule has 0 bridgehead atoms. The summed E-state index contributed by atoms with van der Waals surface area (Å²) in [5, 5.41) is 5.86. The van der Waals surface area contributed by atoms with Crippen LogP contribution in [0.3, 0.4) is 0 Å². The Bertz CT molecular complexity index is 491. The fourth-order valence-corrected chi connectivity index (χ4v) is 0.761. The lowest BCUT2D eigenvalue weighted by molar-refractivity contribution is 0.772. The monoisotopic (exact) mass is 153 g/mol. The Hall–Kier alpha value is -1.92. The zero-order valence-corrected chi connectivity index (χ0v) is 5.24. The molecule has 0 aliphatic heterocycles. The number of rotatable bonds is 0. The number of H-pyrrole nitrogens is 2. The SMILES string of the molecule is O=c1nc2cn[nH]n2c(=O)[nH]1. The molecule has 2 rings (SSSR count). The molecule has 7 heteroatoms. The van der Waals surface area contributed by atoms with E-state index in [9.17, 15) is 9.59 Å². The molecule has 0 unspecified atom stereocenters. The summed E-state index contributed by atoms with van der Waals surface area (Å²) in [6.45, 7) is 0. The number of aromatic amines is 2. The fraction of sp³-hybridized carbons (Fsp3) is 0. The van der Waals surface area contributed by atoms with Crippen molar-refractivity contribution in [3.8, 4) is 0 Å². The lowest BCUT2D eigenvalue weighted by Gasteiger charge is -1.85. The molecule has 2 heterocycles. The zero-order chi connectivity index (χ0) is 7.84. The summed E-state index contributed by atoms with van der Waals surface area (Å²) >= 11 is 0. The first-order chi connectivity index (χ1) is 5.27. The Morgan fingerprint density at radius 1 is 1.45 bits per heavy atom. The second-order valence-electron chi connectivity index (χ2n) is 1.90. The van der Waals surface area contributed by atoms with Crippen molar-refractivity contribution in [3.63, 3.8) is 0 Å². The van der Waals surface area contributed by atoms with Crippen LogP contribution < -0.4 is 11.4 Å². The molecule has 2 aromatic rings. The number of fused-ring (bicyclic) bond motifs is 1. The number of aromatic nitrogens is 5. The lowest BCUT2D eigenvalue weighted by Crippen LogP contribution is -2.28. The van der Waals surface area contributed by atoms with Gasteiger partial charge in [-0.25, -0.2) is 14.8 Å². The van der Waals surface area contributed by atoms with Crippen LogP contribution in [-0.4, -0.2) is 24.8 Å². The standard InChI is InChI=1S/C4H3N5O2/c10-3-6-2-1-5-8-9(2)4(11)7-3/h1,8H,(H,7,10,11). The molecule has 2 aromatic heterocycles. The van der Waals surface area contributed by atoms with Crippen LogP contribution in [0.2, 0.25) is 0 Å². The maximum Gasteiger partial charge on any atom is 0.351 e. The minimum absolute atomic E-state index is 0.207. The molecule has 0 atom stereocenters. The molecule has 56 valence electrons. The van der Waals surface area contributed by atoms with Crippen LogP contribution in [0.4, 0.5) is 0 Å². The van der Waals surface area contributed by atoms with Gasteiger partial charge in [0.25, 0.3) is 0 Å². The Morgan fingerprint density at radius 3 is 3.09 bits per heavy atom. The fourth-order valence-electron chi connectivity index (χ4n) is 0.761. The number of hydrogen-bond donors (Lipinski definition) is 2. The Balaban J connectivity index is 3.15. The molecule has 11 heavy (non-hydrogen) atoms. The first-order valence-corrected chi connectivity index (χ1v) is 2.80. The van der Waals surface area contributed by atoms with Gasteiger partial charge in [0.05, 0.1) is 6.20 Å². The van der Waals surface area contributed by atoms with E-state index < -0.39 is 11.4 Å². The third-order valence-corrected chi connectivity index (χ3v) is 1.20. The maximum atomic E-state index is 10.9. The Labute approximate surface area is 58.7 Å². The van der Waals surface area contributed by atoms with E-state index in [2.05, 4.69) is 15.3 Å². The average molecular weight is 153 g/mol. The normalized spacial score (nSPS) is 10.5. The molecule has 0 aromatic carbocycles. The first kappa shape index (κ1) is 5.83. The van der Waals surface area contributed by atoms with Crippen molar-refractivity contribution in [1.29, 1.82) is 0 Å². The van der Waals surface area contributed by atoms with Crippen molar-refractivity contribution in [1.82, 2.24) is 24.8 Å². The summed E-state index contributed by atoms with van der Waals surface area (Å²) in [6.07, 6.45) is 1.29. The van der Waals surface area contributed by atoms with Gasteiger partial charge >= 0.3 is 11.4 Å². The van der Waals surface area contributed by atoms with Crippen LogP contribution >= 0.6 is 0 Å².